The van der Waals surface area contributed by atoms with Gasteiger partial charge in [0.25, 0.3) is 10.0 Å². The van der Waals surface area contributed by atoms with Gasteiger partial charge in [0, 0.05) is 0 Å². The van der Waals surface area contributed by atoms with Crippen LogP contribution in [-0.4, -0.2) is 19.5 Å². The van der Waals surface area contributed by atoms with E-state index in [2.05, 4.69) is 4.72 Å². The molecule has 2 rings (SSSR count). The van der Waals surface area contributed by atoms with Gasteiger partial charge in [-0.2, -0.15) is 0 Å². The summed E-state index contributed by atoms with van der Waals surface area (Å²) in [5, 5.41) is 8.87. The fraction of sp³-hybridized carbons (Fsp3) is 0.214. The number of benzene rings is 1. The maximum atomic E-state index is 12.3. The quantitative estimate of drug-likeness (QED) is 0.883. The second-order valence-electron chi connectivity index (χ2n) is 4.77. The highest BCUT2D eigenvalue weighted by Gasteiger charge is 2.20. The van der Waals surface area contributed by atoms with Gasteiger partial charge in [-0.05, 0) is 29.7 Å². The molecule has 0 saturated heterocycles. The molecule has 0 fully saturated rings. The first kappa shape index (κ1) is 15.5. The summed E-state index contributed by atoms with van der Waals surface area (Å²) in [4.78, 5) is 10.8. The molecule has 1 aromatic carbocycles. The lowest BCUT2D eigenvalue weighted by atomic mass is 10.0. The Morgan fingerprint density at radius 2 is 1.86 bits per heavy atom. The summed E-state index contributed by atoms with van der Waals surface area (Å²) in [6, 6.07) is 9.74. The van der Waals surface area contributed by atoms with E-state index in [0.29, 0.717) is 5.69 Å². The molecular formula is C14H15NO4S2. The van der Waals surface area contributed by atoms with Gasteiger partial charge in [0.1, 0.15) is 9.09 Å². The molecule has 7 heteroatoms. The number of carboxylic acid groups (broad SMARTS) is 1. The molecule has 0 spiro atoms. The van der Waals surface area contributed by atoms with E-state index in [-0.39, 0.29) is 15.0 Å². The fourth-order valence-corrected chi connectivity index (χ4v) is 4.10. The lowest BCUT2D eigenvalue weighted by Crippen LogP contribution is -2.13. The van der Waals surface area contributed by atoms with Crippen LogP contribution in [0.5, 0.6) is 0 Å². The predicted octanol–water partition coefficient (Wildman–Crippen LogP) is 3.37. The van der Waals surface area contributed by atoms with Crippen molar-refractivity contribution in [1.82, 2.24) is 0 Å². The van der Waals surface area contributed by atoms with Gasteiger partial charge in [-0.25, -0.2) is 13.2 Å². The van der Waals surface area contributed by atoms with Crippen LogP contribution in [-0.2, 0) is 10.0 Å². The molecule has 2 N–H and O–H groups in total. The molecule has 2 aromatic rings. The zero-order valence-electron chi connectivity index (χ0n) is 11.5. The SMILES string of the molecule is CC(C)c1ccccc1NS(=O)(=O)c1ccc(C(=O)O)s1. The number of sulfonamides is 1. The maximum absolute atomic E-state index is 12.3. The minimum absolute atomic E-state index is 0.00693. The molecule has 5 nitrogen and oxygen atoms in total. The molecule has 0 amide bonds. The Hall–Kier alpha value is -1.86. The van der Waals surface area contributed by atoms with Crippen molar-refractivity contribution >= 4 is 33.0 Å². The van der Waals surface area contributed by atoms with Crippen LogP contribution in [0.1, 0.15) is 35.0 Å². The maximum Gasteiger partial charge on any atom is 0.345 e. The summed E-state index contributed by atoms with van der Waals surface area (Å²) in [6.45, 7) is 3.95. The summed E-state index contributed by atoms with van der Waals surface area (Å²) in [5.74, 6) is -0.967. The van der Waals surface area contributed by atoms with Crippen molar-refractivity contribution in [2.75, 3.05) is 4.72 Å². The van der Waals surface area contributed by atoms with Crippen molar-refractivity contribution in [1.29, 1.82) is 0 Å². The molecule has 21 heavy (non-hydrogen) atoms. The molecular weight excluding hydrogens is 310 g/mol. The molecule has 0 aliphatic carbocycles. The zero-order valence-corrected chi connectivity index (χ0v) is 13.2. The van der Waals surface area contributed by atoms with Crippen molar-refractivity contribution < 1.29 is 18.3 Å². The van der Waals surface area contributed by atoms with Crippen LogP contribution in [0.3, 0.4) is 0 Å². The average Bonchev–Trinajstić information content (AvgIpc) is 2.89. The summed E-state index contributed by atoms with van der Waals surface area (Å²) in [6.07, 6.45) is 0. The Balaban J connectivity index is 2.35. The second-order valence-corrected chi connectivity index (χ2v) is 7.76. The van der Waals surface area contributed by atoms with Crippen LogP contribution in [0, 0.1) is 0 Å². The van der Waals surface area contributed by atoms with E-state index < -0.39 is 16.0 Å². The van der Waals surface area contributed by atoms with Crippen molar-refractivity contribution in [2.24, 2.45) is 0 Å². The molecule has 0 aliphatic rings. The van der Waals surface area contributed by atoms with E-state index >= 15 is 0 Å². The topological polar surface area (TPSA) is 83.5 Å². The number of nitrogens with one attached hydrogen (secondary N) is 1. The number of aromatic carboxylic acids is 1. The largest absolute Gasteiger partial charge is 0.477 e. The number of carbonyl (C=O) groups is 1. The Bertz CT molecular complexity index is 763. The number of para-hydroxylation sites is 1. The molecule has 0 saturated carbocycles. The highest BCUT2D eigenvalue weighted by Crippen LogP contribution is 2.28. The number of rotatable bonds is 5. The van der Waals surface area contributed by atoms with Gasteiger partial charge in [-0.15, -0.1) is 11.3 Å². The van der Waals surface area contributed by atoms with Crippen molar-refractivity contribution in [2.45, 2.75) is 24.0 Å². The summed E-state index contributed by atoms with van der Waals surface area (Å²) in [7, 11) is -3.78. The normalized spacial score (nSPS) is 11.6. The highest BCUT2D eigenvalue weighted by atomic mass is 32.2. The van der Waals surface area contributed by atoms with Gasteiger partial charge in [-0.3, -0.25) is 4.72 Å². The van der Waals surface area contributed by atoms with E-state index in [1.165, 1.54) is 12.1 Å². The lowest BCUT2D eigenvalue weighted by molar-refractivity contribution is 0.0702. The molecule has 0 unspecified atom stereocenters. The number of carboxylic acids is 1. The standard InChI is InChI=1S/C14H15NO4S2/c1-9(2)10-5-3-4-6-11(10)15-21(18,19)13-8-7-12(20-13)14(16)17/h3-9,15H,1-2H3,(H,16,17). The minimum Gasteiger partial charge on any atom is -0.477 e. The van der Waals surface area contributed by atoms with Gasteiger partial charge in [-0.1, -0.05) is 32.0 Å². The molecule has 0 bridgehead atoms. The van der Waals surface area contributed by atoms with E-state index in [1.54, 1.807) is 12.1 Å². The fourth-order valence-electron chi connectivity index (χ4n) is 1.87. The molecule has 0 atom stereocenters. The molecule has 0 radical (unpaired) electrons. The van der Waals surface area contributed by atoms with E-state index in [0.717, 1.165) is 16.9 Å². The molecule has 1 heterocycles. The van der Waals surface area contributed by atoms with Gasteiger partial charge in [0.15, 0.2) is 0 Å². The van der Waals surface area contributed by atoms with Crippen LogP contribution in [0.15, 0.2) is 40.6 Å². The Kier molecular flexibility index (Phi) is 4.34. The molecule has 1 aromatic heterocycles. The monoisotopic (exact) mass is 325 g/mol. The Morgan fingerprint density at radius 1 is 1.19 bits per heavy atom. The van der Waals surface area contributed by atoms with E-state index in [9.17, 15) is 13.2 Å². The Morgan fingerprint density at radius 3 is 2.43 bits per heavy atom. The van der Waals surface area contributed by atoms with Crippen LogP contribution >= 0.6 is 11.3 Å². The summed E-state index contributed by atoms with van der Waals surface area (Å²) in [5.41, 5.74) is 1.40. The highest BCUT2D eigenvalue weighted by molar-refractivity contribution is 7.94. The van der Waals surface area contributed by atoms with E-state index in [4.69, 9.17) is 5.11 Å². The van der Waals surface area contributed by atoms with Crippen LogP contribution in [0.2, 0.25) is 0 Å². The number of hydrogen-bond acceptors (Lipinski definition) is 4. The summed E-state index contributed by atoms with van der Waals surface area (Å²) >= 11 is 0.731. The first-order valence-corrected chi connectivity index (χ1v) is 8.56. The smallest absolute Gasteiger partial charge is 0.345 e. The van der Waals surface area contributed by atoms with Gasteiger partial charge < -0.3 is 5.11 Å². The lowest BCUT2D eigenvalue weighted by Gasteiger charge is -2.14. The first-order chi connectivity index (χ1) is 9.81. The third-order valence-electron chi connectivity index (χ3n) is 2.88. The van der Waals surface area contributed by atoms with Gasteiger partial charge in [0.05, 0.1) is 5.69 Å². The van der Waals surface area contributed by atoms with Crippen LogP contribution < -0.4 is 4.72 Å². The average molecular weight is 325 g/mol. The number of hydrogen-bond donors (Lipinski definition) is 2. The third-order valence-corrected chi connectivity index (χ3v) is 5.81. The minimum atomic E-state index is -3.78. The zero-order chi connectivity index (χ0) is 15.6. The molecule has 112 valence electrons. The van der Waals surface area contributed by atoms with Gasteiger partial charge in [0.2, 0.25) is 0 Å². The predicted molar refractivity (Wildman–Crippen MR) is 82.6 cm³/mol. The van der Waals surface area contributed by atoms with Crippen molar-refractivity contribution in [3.63, 3.8) is 0 Å². The van der Waals surface area contributed by atoms with Crippen LogP contribution in [0.25, 0.3) is 0 Å². The molecule has 0 aliphatic heterocycles. The van der Waals surface area contributed by atoms with Crippen molar-refractivity contribution in [3.05, 3.63) is 46.8 Å². The number of anilines is 1. The third kappa shape index (κ3) is 3.43. The van der Waals surface area contributed by atoms with E-state index in [1.807, 2.05) is 26.0 Å². The van der Waals surface area contributed by atoms with Gasteiger partial charge >= 0.3 is 5.97 Å². The second kappa shape index (κ2) is 5.87. The van der Waals surface area contributed by atoms with Crippen LogP contribution in [0.4, 0.5) is 5.69 Å². The summed E-state index contributed by atoms with van der Waals surface area (Å²) < 4.78 is 27.1. The van der Waals surface area contributed by atoms with Crippen molar-refractivity contribution in [3.8, 4) is 0 Å². The Labute approximate surface area is 127 Å². The number of thiophene rings is 1. The first-order valence-electron chi connectivity index (χ1n) is 6.26.